The van der Waals surface area contributed by atoms with Gasteiger partial charge in [-0.25, -0.2) is 0 Å². The first-order valence-corrected chi connectivity index (χ1v) is 10.3. The number of phenolic OH excluding ortho intramolecular Hbond substituents is 1. The topological polar surface area (TPSA) is 95.0 Å². The minimum absolute atomic E-state index is 0. The Bertz CT molecular complexity index is 900. The van der Waals surface area contributed by atoms with Crippen LogP contribution in [-0.2, 0) is 0 Å². The summed E-state index contributed by atoms with van der Waals surface area (Å²) in [5.74, 6) is 1.54. The van der Waals surface area contributed by atoms with Crippen LogP contribution in [0.5, 0.6) is 11.5 Å². The van der Waals surface area contributed by atoms with Gasteiger partial charge in [0.1, 0.15) is 17.1 Å². The van der Waals surface area contributed by atoms with Gasteiger partial charge in [-0.15, -0.1) is 24.0 Å². The van der Waals surface area contributed by atoms with Gasteiger partial charge in [0.05, 0.1) is 12.6 Å². The Morgan fingerprint density at radius 1 is 1.16 bits per heavy atom. The van der Waals surface area contributed by atoms with Crippen LogP contribution in [0.3, 0.4) is 0 Å². The Morgan fingerprint density at radius 2 is 1.87 bits per heavy atom. The van der Waals surface area contributed by atoms with Gasteiger partial charge in [0.2, 0.25) is 0 Å². The second kappa shape index (κ2) is 11.2. The summed E-state index contributed by atoms with van der Waals surface area (Å²) < 4.78 is 6.10. The number of nitrogens with one attached hydrogen (secondary N) is 3. The summed E-state index contributed by atoms with van der Waals surface area (Å²) in [4.78, 5) is 16.8. The average Bonchev–Trinajstić information content (AvgIpc) is 2.70. The molecule has 31 heavy (non-hydrogen) atoms. The van der Waals surface area contributed by atoms with Crippen LogP contribution in [0.4, 0.5) is 0 Å². The lowest BCUT2D eigenvalue weighted by atomic mass is 9.90. The average molecular weight is 538 g/mol. The molecule has 1 aliphatic rings. The molecule has 0 bridgehead atoms. The highest BCUT2D eigenvalue weighted by atomic mass is 127. The van der Waals surface area contributed by atoms with E-state index in [0.29, 0.717) is 24.6 Å². The van der Waals surface area contributed by atoms with Crippen molar-refractivity contribution >= 4 is 35.8 Å². The van der Waals surface area contributed by atoms with Crippen LogP contribution in [0.25, 0.3) is 0 Å². The summed E-state index contributed by atoms with van der Waals surface area (Å²) in [7, 11) is 0. The summed E-state index contributed by atoms with van der Waals surface area (Å²) >= 11 is 0. The maximum atomic E-state index is 12.2. The summed E-state index contributed by atoms with van der Waals surface area (Å²) in [5, 5.41) is 19.0. The molecule has 0 saturated heterocycles. The van der Waals surface area contributed by atoms with E-state index in [2.05, 4.69) is 40.9 Å². The molecule has 2 aromatic rings. The van der Waals surface area contributed by atoms with E-state index in [-0.39, 0.29) is 47.3 Å². The van der Waals surface area contributed by atoms with Gasteiger partial charge < -0.3 is 25.8 Å². The zero-order valence-electron chi connectivity index (χ0n) is 18.1. The number of rotatable bonds is 6. The van der Waals surface area contributed by atoms with Crippen LogP contribution in [0.1, 0.15) is 49.2 Å². The third kappa shape index (κ3) is 7.02. The number of amides is 1. The maximum Gasteiger partial charge on any atom is 0.251 e. The molecule has 4 N–H and O–H groups in total. The van der Waals surface area contributed by atoms with Crippen LogP contribution < -0.4 is 20.7 Å². The Hall–Kier alpha value is -2.49. The van der Waals surface area contributed by atoms with Crippen molar-refractivity contribution in [2.24, 2.45) is 4.99 Å². The molecule has 0 spiro atoms. The molecule has 3 rings (SSSR count). The number of ether oxygens (including phenoxy) is 1. The number of fused-ring (bicyclic) bond motifs is 1. The smallest absolute Gasteiger partial charge is 0.251 e. The Labute approximate surface area is 200 Å². The van der Waals surface area contributed by atoms with Gasteiger partial charge in [-0.3, -0.25) is 9.79 Å². The highest BCUT2D eigenvalue weighted by Crippen LogP contribution is 2.39. The number of aromatic hydroxyl groups is 1. The highest BCUT2D eigenvalue weighted by Gasteiger charge is 2.33. The van der Waals surface area contributed by atoms with E-state index < -0.39 is 0 Å². The lowest BCUT2D eigenvalue weighted by Crippen LogP contribution is -2.45. The van der Waals surface area contributed by atoms with Gasteiger partial charge >= 0.3 is 0 Å². The van der Waals surface area contributed by atoms with Crippen LogP contribution in [0.2, 0.25) is 0 Å². The molecule has 0 radical (unpaired) electrons. The normalized spacial score (nSPS) is 16.9. The molecular formula is C23H31IN4O3. The van der Waals surface area contributed by atoms with Gasteiger partial charge in [0, 0.05) is 30.6 Å². The number of benzene rings is 2. The van der Waals surface area contributed by atoms with Crippen LogP contribution >= 0.6 is 24.0 Å². The highest BCUT2D eigenvalue weighted by molar-refractivity contribution is 14.0. The number of carbonyl (C=O) groups excluding carboxylic acids is 1. The summed E-state index contributed by atoms with van der Waals surface area (Å²) in [5.41, 5.74) is 1.34. The van der Waals surface area contributed by atoms with Gasteiger partial charge in [-0.1, -0.05) is 18.2 Å². The van der Waals surface area contributed by atoms with E-state index in [4.69, 9.17) is 4.74 Å². The molecule has 168 valence electrons. The van der Waals surface area contributed by atoms with Crippen molar-refractivity contribution in [3.05, 3.63) is 59.7 Å². The summed E-state index contributed by atoms with van der Waals surface area (Å²) in [6, 6.07) is 14.3. The minimum atomic E-state index is -0.276. The molecule has 1 unspecified atom stereocenters. The predicted octanol–water partition coefficient (Wildman–Crippen LogP) is 3.60. The SMILES string of the molecule is CCNC(=NCCNC(=O)c1ccc(O)cc1)NC1CC(C)(C)Oc2ccccc21.I. The Balaban J connectivity index is 0.00000341. The molecule has 0 aromatic heterocycles. The zero-order valence-corrected chi connectivity index (χ0v) is 20.5. The number of halogens is 1. The lowest BCUT2D eigenvalue weighted by Gasteiger charge is -2.38. The minimum Gasteiger partial charge on any atom is -0.508 e. The predicted molar refractivity (Wildman–Crippen MR) is 133 cm³/mol. The fourth-order valence-corrected chi connectivity index (χ4v) is 3.47. The first kappa shape index (κ1) is 24.8. The monoisotopic (exact) mass is 538 g/mol. The second-order valence-corrected chi connectivity index (χ2v) is 7.86. The maximum absolute atomic E-state index is 12.2. The number of para-hydroxylation sites is 1. The first-order chi connectivity index (χ1) is 14.4. The van der Waals surface area contributed by atoms with E-state index in [0.717, 1.165) is 24.3 Å². The van der Waals surface area contributed by atoms with E-state index in [1.54, 1.807) is 12.1 Å². The van der Waals surface area contributed by atoms with Crippen molar-refractivity contribution in [2.45, 2.75) is 38.8 Å². The number of nitrogens with zero attached hydrogens (tertiary/aromatic N) is 1. The molecule has 1 heterocycles. The standard InChI is InChI=1S/C23H30N4O3.HI/c1-4-24-22(26-14-13-25-21(29)16-9-11-17(28)12-10-16)27-19-15-23(2,3)30-20-8-6-5-7-18(19)20;/h5-12,19,28H,4,13-15H2,1-3H3,(H,25,29)(H2,24,26,27);1H. The molecule has 0 fully saturated rings. The van der Waals surface area contributed by atoms with Crippen molar-refractivity contribution in [1.82, 2.24) is 16.0 Å². The number of aliphatic imine (C=N–C) groups is 1. The summed E-state index contributed by atoms with van der Waals surface area (Å²) in [6.45, 7) is 7.77. The molecule has 0 saturated carbocycles. The van der Waals surface area contributed by atoms with Crippen molar-refractivity contribution in [2.75, 3.05) is 19.6 Å². The van der Waals surface area contributed by atoms with Gasteiger partial charge in [-0.05, 0) is 51.1 Å². The Kier molecular flexibility index (Phi) is 8.97. The van der Waals surface area contributed by atoms with Crippen molar-refractivity contribution in [3.8, 4) is 11.5 Å². The molecule has 8 heteroatoms. The molecule has 1 atom stereocenters. The second-order valence-electron chi connectivity index (χ2n) is 7.86. The fourth-order valence-electron chi connectivity index (χ4n) is 3.47. The Morgan fingerprint density at radius 3 is 2.58 bits per heavy atom. The largest absolute Gasteiger partial charge is 0.508 e. The van der Waals surface area contributed by atoms with Gasteiger partial charge in [-0.2, -0.15) is 0 Å². The number of phenols is 1. The van der Waals surface area contributed by atoms with Crippen LogP contribution in [-0.4, -0.2) is 42.2 Å². The molecule has 1 amide bonds. The van der Waals surface area contributed by atoms with Crippen LogP contribution in [0.15, 0.2) is 53.5 Å². The van der Waals surface area contributed by atoms with E-state index >= 15 is 0 Å². The van der Waals surface area contributed by atoms with E-state index in [9.17, 15) is 9.90 Å². The summed E-state index contributed by atoms with van der Waals surface area (Å²) in [6.07, 6.45) is 0.812. The van der Waals surface area contributed by atoms with Crippen LogP contribution in [0, 0.1) is 0 Å². The zero-order chi connectivity index (χ0) is 21.6. The first-order valence-electron chi connectivity index (χ1n) is 10.3. The lowest BCUT2D eigenvalue weighted by molar-refractivity contribution is 0.0694. The van der Waals surface area contributed by atoms with E-state index in [1.807, 2.05) is 25.1 Å². The fraction of sp³-hybridized carbons (Fsp3) is 0.391. The molecule has 2 aromatic carbocycles. The quantitative estimate of drug-likeness (QED) is 0.195. The number of hydrogen-bond donors (Lipinski definition) is 4. The van der Waals surface area contributed by atoms with E-state index in [1.165, 1.54) is 12.1 Å². The van der Waals surface area contributed by atoms with Crippen molar-refractivity contribution in [3.63, 3.8) is 0 Å². The van der Waals surface area contributed by atoms with Gasteiger partial charge in [0.25, 0.3) is 5.91 Å². The number of carbonyl (C=O) groups is 1. The molecular weight excluding hydrogens is 507 g/mol. The molecule has 7 nitrogen and oxygen atoms in total. The van der Waals surface area contributed by atoms with Gasteiger partial charge in [0.15, 0.2) is 5.96 Å². The van der Waals surface area contributed by atoms with Crippen molar-refractivity contribution in [1.29, 1.82) is 0 Å². The third-order valence-electron chi connectivity index (χ3n) is 4.83. The number of guanidine groups is 1. The number of hydrogen-bond acceptors (Lipinski definition) is 4. The molecule has 0 aliphatic carbocycles. The molecule has 1 aliphatic heterocycles. The van der Waals surface area contributed by atoms with Crippen molar-refractivity contribution < 1.29 is 14.6 Å². The third-order valence-corrected chi connectivity index (χ3v) is 4.83.